The van der Waals surface area contributed by atoms with E-state index in [1.54, 1.807) is 0 Å². The Balaban J connectivity index is 3.20. The van der Waals surface area contributed by atoms with Crippen molar-refractivity contribution < 1.29 is 19.1 Å². The lowest BCUT2D eigenvalue weighted by atomic mass is 10.2. The van der Waals surface area contributed by atoms with Crippen molar-refractivity contribution in [2.45, 2.75) is 33.6 Å². The number of amides is 1. The summed E-state index contributed by atoms with van der Waals surface area (Å²) in [6.07, 6.45) is 0.817. The third-order valence-corrected chi connectivity index (χ3v) is 2.15. The molecule has 1 N–H and O–H groups in total. The van der Waals surface area contributed by atoms with Gasteiger partial charge in [0.25, 0.3) is 0 Å². The molecule has 0 aromatic rings. The average molecular weight is 259 g/mol. The lowest BCUT2D eigenvalue weighted by Gasteiger charge is -2.08. The molecule has 1 amide bonds. The van der Waals surface area contributed by atoms with E-state index in [0.717, 1.165) is 0 Å². The Kier molecular flexibility index (Phi) is 10.6. The van der Waals surface area contributed by atoms with Crippen LogP contribution in [0.3, 0.4) is 0 Å². The Bertz CT molecular complexity index is 241. The van der Waals surface area contributed by atoms with E-state index in [-0.39, 0.29) is 11.7 Å². The fraction of sp³-hybridized carbons (Fsp3) is 0.846. The molecule has 5 nitrogen and oxygen atoms in total. The van der Waals surface area contributed by atoms with Gasteiger partial charge in [-0.2, -0.15) is 0 Å². The molecule has 0 unspecified atom stereocenters. The van der Waals surface area contributed by atoms with Crippen molar-refractivity contribution in [2.24, 2.45) is 5.92 Å². The van der Waals surface area contributed by atoms with Gasteiger partial charge in [0.1, 0.15) is 5.78 Å². The largest absolute Gasteiger partial charge is 0.379 e. The van der Waals surface area contributed by atoms with Crippen molar-refractivity contribution in [3.8, 4) is 0 Å². The van der Waals surface area contributed by atoms with Crippen LogP contribution in [0.5, 0.6) is 0 Å². The Morgan fingerprint density at radius 3 is 2.06 bits per heavy atom. The van der Waals surface area contributed by atoms with Gasteiger partial charge in [0.2, 0.25) is 5.91 Å². The minimum Gasteiger partial charge on any atom is -0.379 e. The molecule has 0 saturated heterocycles. The zero-order valence-electron chi connectivity index (χ0n) is 11.7. The first kappa shape index (κ1) is 17.1. The van der Waals surface area contributed by atoms with Crippen LogP contribution in [0.2, 0.25) is 0 Å². The summed E-state index contributed by atoms with van der Waals surface area (Å²) in [6, 6.07) is 0. The quantitative estimate of drug-likeness (QED) is 0.566. The van der Waals surface area contributed by atoms with Crippen LogP contribution in [-0.2, 0) is 19.1 Å². The molecule has 0 aliphatic rings. The van der Waals surface area contributed by atoms with E-state index < -0.39 is 0 Å². The van der Waals surface area contributed by atoms with Gasteiger partial charge in [0, 0.05) is 19.4 Å². The number of hydrogen-bond acceptors (Lipinski definition) is 4. The summed E-state index contributed by atoms with van der Waals surface area (Å²) in [5, 5.41) is 2.82. The van der Waals surface area contributed by atoms with Gasteiger partial charge in [-0.25, -0.2) is 0 Å². The van der Waals surface area contributed by atoms with Gasteiger partial charge in [-0.3, -0.25) is 9.59 Å². The molecule has 0 rings (SSSR count). The van der Waals surface area contributed by atoms with Crippen molar-refractivity contribution >= 4 is 11.7 Å². The van der Waals surface area contributed by atoms with Crippen molar-refractivity contribution in [3.63, 3.8) is 0 Å². The van der Waals surface area contributed by atoms with Crippen molar-refractivity contribution in [2.75, 3.05) is 33.0 Å². The summed E-state index contributed by atoms with van der Waals surface area (Å²) >= 11 is 0. The number of ketones is 1. The van der Waals surface area contributed by atoms with E-state index in [1.807, 2.05) is 0 Å². The van der Waals surface area contributed by atoms with Gasteiger partial charge in [0.05, 0.1) is 26.4 Å². The number of nitrogens with one attached hydrogen (secondary N) is 1. The maximum Gasteiger partial charge on any atom is 0.222 e. The van der Waals surface area contributed by atoms with Crippen LogP contribution in [0, 0.1) is 5.92 Å². The van der Waals surface area contributed by atoms with Gasteiger partial charge in [-0.05, 0) is 12.8 Å². The maximum absolute atomic E-state index is 11.3. The summed E-state index contributed by atoms with van der Waals surface area (Å²) in [6.45, 7) is 8.09. The van der Waals surface area contributed by atoms with Crippen molar-refractivity contribution in [1.29, 1.82) is 0 Å². The Morgan fingerprint density at radius 2 is 1.56 bits per heavy atom. The number of Topliss-reactive ketones (excluding diaryl/α,β-unsaturated/α-hetero) is 1. The normalized spacial score (nSPS) is 10.7. The molecular weight excluding hydrogens is 234 g/mol. The molecule has 0 aliphatic heterocycles. The lowest BCUT2D eigenvalue weighted by Crippen LogP contribution is -2.28. The molecule has 0 saturated carbocycles. The maximum atomic E-state index is 11.3. The van der Waals surface area contributed by atoms with E-state index in [4.69, 9.17) is 9.47 Å². The van der Waals surface area contributed by atoms with Crippen molar-refractivity contribution in [1.82, 2.24) is 5.32 Å². The Hall–Kier alpha value is -0.940. The van der Waals surface area contributed by atoms with Crippen LogP contribution in [0.1, 0.15) is 33.6 Å². The standard InChI is InChI=1S/C13H25NO4/c1-11(2)10-14-13(16)5-7-18-9-8-17-6-4-12(3)15/h11H,4-10H2,1-3H3,(H,14,16). The first-order chi connectivity index (χ1) is 8.52. The molecular formula is C13H25NO4. The fourth-order valence-corrected chi connectivity index (χ4v) is 1.11. The van der Waals surface area contributed by atoms with Gasteiger partial charge in [-0.1, -0.05) is 13.8 Å². The molecule has 106 valence electrons. The van der Waals surface area contributed by atoms with Crippen molar-refractivity contribution in [3.05, 3.63) is 0 Å². The molecule has 0 radical (unpaired) electrons. The van der Waals surface area contributed by atoms with Crippen LogP contribution in [0.4, 0.5) is 0 Å². The fourth-order valence-electron chi connectivity index (χ4n) is 1.11. The van der Waals surface area contributed by atoms with Crippen LogP contribution in [-0.4, -0.2) is 44.7 Å². The number of carbonyl (C=O) groups is 2. The molecule has 0 atom stereocenters. The first-order valence-corrected chi connectivity index (χ1v) is 6.44. The highest BCUT2D eigenvalue weighted by Gasteiger charge is 2.01. The van der Waals surface area contributed by atoms with Crippen LogP contribution in [0.25, 0.3) is 0 Å². The molecule has 0 aromatic heterocycles. The van der Waals surface area contributed by atoms with E-state index in [2.05, 4.69) is 19.2 Å². The van der Waals surface area contributed by atoms with Gasteiger partial charge in [-0.15, -0.1) is 0 Å². The molecule has 0 spiro atoms. The third kappa shape index (κ3) is 13.1. The Morgan fingerprint density at radius 1 is 1.00 bits per heavy atom. The number of ether oxygens (including phenoxy) is 2. The van der Waals surface area contributed by atoms with Gasteiger partial charge in [0.15, 0.2) is 0 Å². The first-order valence-electron chi connectivity index (χ1n) is 6.44. The third-order valence-electron chi connectivity index (χ3n) is 2.15. The molecule has 0 bridgehead atoms. The predicted octanol–water partition coefficient (Wildman–Crippen LogP) is 1.16. The van der Waals surface area contributed by atoms with Gasteiger partial charge >= 0.3 is 0 Å². The highest BCUT2D eigenvalue weighted by molar-refractivity contribution is 5.76. The number of carbonyl (C=O) groups excluding carboxylic acids is 2. The minimum absolute atomic E-state index is 0.0150. The second-order valence-corrected chi connectivity index (χ2v) is 4.62. The second-order valence-electron chi connectivity index (χ2n) is 4.62. The zero-order chi connectivity index (χ0) is 13.8. The summed E-state index contributed by atoms with van der Waals surface area (Å²) in [4.78, 5) is 21.9. The van der Waals surface area contributed by atoms with Gasteiger partial charge < -0.3 is 14.8 Å². The zero-order valence-corrected chi connectivity index (χ0v) is 11.7. The molecule has 18 heavy (non-hydrogen) atoms. The summed E-state index contributed by atoms with van der Waals surface area (Å²) < 4.78 is 10.4. The SMILES string of the molecule is CC(=O)CCOCCOCCC(=O)NCC(C)C. The molecule has 5 heteroatoms. The van der Waals surface area contributed by atoms with E-state index in [1.165, 1.54) is 6.92 Å². The molecule has 0 aromatic carbocycles. The monoisotopic (exact) mass is 259 g/mol. The van der Waals surface area contributed by atoms with Crippen LogP contribution < -0.4 is 5.32 Å². The second kappa shape index (κ2) is 11.2. The number of rotatable bonds is 11. The average Bonchev–Trinajstić information content (AvgIpc) is 2.29. The molecule has 0 heterocycles. The smallest absolute Gasteiger partial charge is 0.222 e. The van der Waals surface area contributed by atoms with E-state index in [9.17, 15) is 9.59 Å². The predicted molar refractivity (Wildman–Crippen MR) is 69.4 cm³/mol. The summed E-state index contributed by atoms with van der Waals surface area (Å²) in [7, 11) is 0. The highest BCUT2D eigenvalue weighted by Crippen LogP contribution is 1.90. The molecule has 0 fully saturated rings. The van der Waals surface area contributed by atoms with Crippen LogP contribution >= 0.6 is 0 Å². The summed E-state index contributed by atoms with van der Waals surface area (Å²) in [5.41, 5.74) is 0. The lowest BCUT2D eigenvalue weighted by molar-refractivity contribution is -0.122. The topological polar surface area (TPSA) is 64.6 Å². The van der Waals surface area contributed by atoms with E-state index >= 15 is 0 Å². The molecule has 0 aliphatic carbocycles. The van der Waals surface area contributed by atoms with E-state index in [0.29, 0.717) is 51.7 Å². The highest BCUT2D eigenvalue weighted by atomic mass is 16.5. The number of hydrogen-bond donors (Lipinski definition) is 1. The minimum atomic E-state index is 0.0150. The van der Waals surface area contributed by atoms with Crippen LogP contribution in [0.15, 0.2) is 0 Å². The summed E-state index contributed by atoms with van der Waals surface area (Å²) in [5.74, 6) is 0.600. The Labute approximate surface area is 109 Å².